The van der Waals surface area contributed by atoms with E-state index in [4.69, 9.17) is 0 Å². The fourth-order valence-electron chi connectivity index (χ4n) is 1.72. The molecule has 6 heteroatoms. The first-order valence-corrected chi connectivity index (χ1v) is 6.61. The molecule has 0 radical (unpaired) electrons. The Labute approximate surface area is 114 Å². The maximum Gasteiger partial charge on any atom is 0.254 e. The number of piperazine rings is 1. The summed E-state index contributed by atoms with van der Waals surface area (Å²) < 4.78 is 1.01. The van der Waals surface area contributed by atoms with E-state index in [1.165, 1.54) is 0 Å². The number of halogens is 2. The van der Waals surface area contributed by atoms with Crippen molar-refractivity contribution in [3.8, 4) is 0 Å². The van der Waals surface area contributed by atoms with E-state index in [0.29, 0.717) is 6.04 Å². The molecule has 1 atom stereocenters. The van der Waals surface area contributed by atoms with E-state index in [-0.39, 0.29) is 18.3 Å². The van der Waals surface area contributed by atoms with Gasteiger partial charge in [-0.05, 0) is 28.9 Å². The summed E-state index contributed by atoms with van der Waals surface area (Å²) in [5.41, 5.74) is 0.793. The third kappa shape index (κ3) is 3.20. The largest absolute Gasteiger partial charge is 0.336 e. The van der Waals surface area contributed by atoms with E-state index in [2.05, 4.69) is 28.2 Å². The van der Waals surface area contributed by atoms with Crippen molar-refractivity contribution >= 4 is 45.6 Å². The standard InChI is InChI=1S/C10H13BrN2OS.ClH/c1-7-5-13(3-2-12-7)10(14)8-4-9(11)15-6-8;/h4,6-7,12H,2-3,5H2,1H3;1H/t7-;/m0./s1. The van der Waals surface area contributed by atoms with Gasteiger partial charge in [-0.2, -0.15) is 0 Å². The predicted molar refractivity (Wildman–Crippen MR) is 72.6 cm³/mol. The fraction of sp³-hybridized carbons (Fsp3) is 0.500. The highest BCUT2D eigenvalue weighted by Crippen LogP contribution is 2.22. The van der Waals surface area contributed by atoms with Gasteiger partial charge >= 0.3 is 0 Å². The van der Waals surface area contributed by atoms with Crippen LogP contribution in [-0.4, -0.2) is 36.5 Å². The molecular formula is C10H14BrClN2OS. The zero-order valence-corrected chi connectivity index (χ0v) is 12.1. The molecule has 0 spiro atoms. The van der Waals surface area contributed by atoms with Crippen LogP contribution >= 0.6 is 39.7 Å². The van der Waals surface area contributed by atoms with Gasteiger partial charge in [0.2, 0.25) is 0 Å². The first kappa shape index (κ1) is 14.0. The van der Waals surface area contributed by atoms with Gasteiger partial charge in [0.1, 0.15) is 0 Å². The van der Waals surface area contributed by atoms with Gasteiger partial charge in [-0.1, -0.05) is 0 Å². The molecule has 1 saturated heterocycles. The summed E-state index contributed by atoms with van der Waals surface area (Å²) in [7, 11) is 0. The summed E-state index contributed by atoms with van der Waals surface area (Å²) in [5.74, 6) is 0.144. The maximum absolute atomic E-state index is 12.0. The SMILES string of the molecule is C[C@H]1CN(C(=O)c2csc(Br)c2)CCN1.Cl. The van der Waals surface area contributed by atoms with Gasteiger partial charge in [0, 0.05) is 31.1 Å². The van der Waals surface area contributed by atoms with Crippen molar-refractivity contribution in [1.82, 2.24) is 10.2 Å². The highest BCUT2D eigenvalue weighted by Gasteiger charge is 2.21. The van der Waals surface area contributed by atoms with Crippen LogP contribution < -0.4 is 5.32 Å². The number of hydrogen-bond donors (Lipinski definition) is 1. The second kappa shape index (κ2) is 6.00. The minimum absolute atomic E-state index is 0. The Hall–Kier alpha value is -0.100. The Kier molecular flexibility index (Phi) is 5.24. The average molecular weight is 326 g/mol. The van der Waals surface area contributed by atoms with Crippen LogP contribution in [0.4, 0.5) is 0 Å². The van der Waals surface area contributed by atoms with Crippen LogP contribution in [0.3, 0.4) is 0 Å². The van der Waals surface area contributed by atoms with Crippen LogP contribution in [0.2, 0.25) is 0 Å². The zero-order valence-electron chi connectivity index (χ0n) is 8.90. The topological polar surface area (TPSA) is 32.3 Å². The monoisotopic (exact) mass is 324 g/mol. The molecule has 2 rings (SSSR count). The van der Waals surface area contributed by atoms with Gasteiger partial charge in [-0.25, -0.2) is 0 Å². The molecule has 1 aliphatic rings. The Morgan fingerprint density at radius 1 is 1.69 bits per heavy atom. The molecule has 0 aromatic carbocycles. The first-order chi connectivity index (χ1) is 7.16. The van der Waals surface area contributed by atoms with Crippen molar-refractivity contribution in [2.75, 3.05) is 19.6 Å². The summed E-state index contributed by atoms with van der Waals surface area (Å²) in [6.07, 6.45) is 0. The molecule has 1 aromatic heterocycles. The number of carbonyl (C=O) groups is 1. The molecule has 0 aliphatic carbocycles. The second-order valence-corrected chi connectivity index (χ2v) is 6.04. The molecule has 1 fully saturated rings. The van der Waals surface area contributed by atoms with Crippen molar-refractivity contribution in [3.05, 3.63) is 20.8 Å². The van der Waals surface area contributed by atoms with Gasteiger partial charge in [0.15, 0.2) is 0 Å². The van der Waals surface area contributed by atoms with Crippen molar-refractivity contribution in [2.24, 2.45) is 0 Å². The summed E-state index contributed by atoms with van der Waals surface area (Å²) in [6, 6.07) is 2.28. The van der Waals surface area contributed by atoms with E-state index in [1.54, 1.807) is 11.3 Å². The van der Waals surface area contributed by atoms with Gasteiger partial charge in [-0.15, -0.1) is 23.7 Å². The summed E-state index contributed by atoms with van der Waals surface area (Å²) in [4.78, 5) is 14.0. The number of nitrogens with zero attached hydrogens (tertiary/aromatic N) is 1. The molecular weight excluding hydrogens is 312 g/mol. The van der Waals surface area contributed by atoms with Crippen molar-refractivity contribution in [1.29, 1.82) is 0 Å². The Balaban J connectivity index is 0.00000128. The lowest BCUT2D eigenvalue weighted by Gasteiger charge is -2.31. The summed E-state index contributed by atoms with van der Waals surface area (Å²) in [6.45, 7) is 4.59. The Morgan fingerprint density at radius 2 is 2.44 bits per heavy atom. The second-order valence-electron chi connectivity index (χ2n) is 3.75. The predicted octanol–water partition coefficient (Wildman–Crippen LogP) is 2.37. The van der Waals surface area contributed by atoms with E-state index in [0.717, 1.165) is 29.0 Å². The molecule has 0 bridgehead atoms. The minimum atomic E-state index is 0. The van der Waals surface area contributed by atoms with Gasteiger partial charge < -0.3 is 10.2 Å². The molecule has 1 N–H and O–H groups in total. The number of thiophene rings is 1. The highest BCUT2D eigenvalue weighted by atomic mass is 79.9. The normalized spacial score (nSPS) is 20.4. The lowest BCUT2D eigenvalue weighted by Crippen LogP contribution is -2.51. The molecule has 3 nitrogen and oxygen atoms in total. The molecule has 1 amide bonds. The number of carbonyl (C=O) groups excluding carboxylic acids is 1. The smallest absolute Gasteiger partial charge is 0.254 e. The third-order valence-electron chi connectivity index (χ3n) is 2.47. The van der Waals surface area contributed by atoms with Gasteiger partial charge in [0.05, 0.1) is 9.35 Å². The van der Waals surface area contributed by atoms with Crippen LogP contribution in [0, 0.1) is 0 Å². The Morgan fingerprint density at radius 3 is 3.00 bits per heavy atom. The molecule has 2 heterocycles. The minimum Gasteiger partial charge on any atom is -0.336 e. The molecule has 0 saturated carbocycles. The van der Waals surface area contributed by atoms with Crippen LogP contribution in [0.5, 0.6) is 0 Å². The number of hydrogen-bond acceptors (Lipinski definition) is 3. The number of nitrogens with one attached hydrogen (secondary N) is 1. The van der Waals surface area contributed by atoms with Gasteiger partial charge in [-0.3, -0.25) is 4.79 Å². The summed E-state index contributed by atoms with van der Waals surface area (Å²) in [5, 5.41) is 5.22. The van der Waals surface area contributed by atoms with Crippen LogP contribution in [0.15, 0.2) is 15.2 Å². The lowest BCUT2D eigenvalue weighted by atomic mass is 10.2. The first-order valence-electron chi connectivity index (χ1n) is 4.93. The van der Waals surface area contributed by atoms with Crippen molar-refractivity contribution in [3.63, 3.8) is 0 Å². The van der Waals surface area contributed by atoms with E-state index in [1.807, 2.05) is 16.3 Å². The number of rotatable bonds is 1. The van der Waals surface area contributed by atoms with Crippen LogP contribution in [0.1, 0.15) is 17.3 Å². The highest BCUT2D eigenvalue weighted by molar-refractivity contribution is 9.11. The molecule has 1 aliphatic heterocycles. The third-order valence-corrected chi connectivity index (χ3v) is 3.97. The molecule has 16 heavy (non-hydrogen) atoms. The zero-order chi connectivity index (χ0) is 10.8. The van der Waals surface area contributed by atoms with E-state index in [9.17, 15) is 4.79 Å². The van der Waals surface area contributed by atoms with Crippen molar-refractivity contribution < 1.29 is 4.79 Å². The van der Waals surface area contributed by atoms with E-state index >= 15 is 0 Å². The average Bonchev–Trinajstić information content (AvgIpc) is 2.64. The number of amides is 1. The summed E-state index contributed by atoms with van der Waals surface area (Å²) >= 11 is 4.92. The van der Waals surface area contributed by atoms with Crippen LogP contribution in [-0.2, 0) is 0 Å². The fourth-order valence-corrected chi connectivity index (χ4v) is 2.85. The lowest BCUT2D eigenvalue weighted by molar-refractivity contribution is 0.0709. The molecule has 1 aromatic rings. The van der Waals surface area contributed by atoms with Crippen molar-refractivity contribution in [2.45, 2.75) is 13.0 Å². The molecule has 0 unspecified atom stereocenters. The Bertz CT molecular complexity index is 371. The van der Waals surface area contributed by atoms with E-state index < -0.39 is 0 Å². The van der Waals surface area contributed by atoms with Crippen LogP contribution in [0.25, 0.3) is 0 Å². The maximum atomic E-state index is 12.0. The molecule has 90 valence electrons. The quantitative estimate of drug-likeness (QED) is 0.860. The van der Waals surface area contributed by atoms with Gasteiger partial charge in [0.25, 0.3) is 5.91 Å².